The number of nitrogens with zero attached hydrogens (tertiary/aromatic N) is 4. The SMILES string of the molecule is CCNCc1cncc(-c2cc3c(-c4nc5c(-c6ccsc6)nccc5[nH]4)n[nH]c3cc2F)c1. The second kappa shape index (κ2) is 8.44. The molecular formula is C25H20FN7S. The van der Waals surface area contributed by atoms with Gasteiger partial charge in [-0.3, -0.25) is 15.1 Å². The monoisotopic (exact) mass is 469 g/mol. The van der Waals surface area contributed by atoms with E-state index in [2.05, 4.69) is 30.5 Å². The highest BCUT2D eigenvalue weighted by molar-refractivity contribution is 7.08. The lowest BCUT2D eigenvalue weighted by Gasteiger charge is -2.07. The maximum absolute atomic E-state index is 15.1. The summed E-state index contributed by atoms with van der Waals surface area (Å²) in [5.74, 6) is 0.265. The predicted octanol–water partition coefficient (Wildman–Crippen LogP) is 5.54. The summed E-state index contributed by atoms with van der Waals surface area (Å²) in [6, 6.07) is 9.16. The first kappa shape index (κ1) is 20.6. The molecule has 0 saturated carbocycles. The lowest BCUT2D eigenvalue weighted by molar-refractivity contribution is 0.632. The third-order valence-electron chi connectivity index (χ3n) is 5.76. The van der Waals surface area contributed by atoms with Gasteiger partial charge in [0.05, 0.1) is 16.7 Å². The third kappa shape index (κ3) is 3.55. The maximum Gasteiger partial charge on any atom is 0.159 e. The highest BCUT2D eigenvalue weighted by Crippen LogP contribution is 2.34. The van der Waals surface area contributed by atoms with Crippen LogP contribution in [-0.2, 0) is 6.54 Å². The Bertz CT molecular complexity index is 1620. The third-order valence-corrected chi connectivity index (χ3v) is 6.44. The van der Waals surface area contributed by atoms with Gasteiger partial charge in [-0.1, -0.05) is 6.92 Å². The molecule has 0 bridgehead atoms. The van der Waals surface area contributed by atoms with E-state index in [9.17, 15) is 0 Å². The molecule has 0 amide bonds. The number of hydrogen-bond donors (Lipinski definition) is 3. The van der Waals surface area contributed by atoms with Crippen molar-refractivity contribution in [3.8, 4) is 33.9 Å². The van der Waals surface area contributed by atoms with Gasteiger partial charge in [0.2, 0.25) is 0 Å². The summed E-state index contributed by atoms with van der Waals surface area (Å²) < 4.78 is 15.1. The number of aromatic nitrogens is 6. The summed E-state index contributed by atoms with van der Waals surface area (Å²) in [4.78, 5) is 17.0. The molecule has 168 valence electrons. The topological polar surface area (TPSA) is 95.2 Å². The van der Waals surface area contributed by atoms with Crippen molar-refractivity contribution in [3.63, 3.8) is 0 Å². The molecule has 5 heterocycles. The Labute approximate surface area is 198 Å². The molecule has 0 aliphatic rings. The quantitative estimate of drug-likeness (QED) is 0.298. The van der Waals surface area contributed by atoms with Crippen LogP contribution in [0, 0.1) is 5.82 Å². The zero-order chi connectivity index (χ0) is 23.1. The average molecular weight is 470 g/mol. The van der Waals surface area contributed by atoms with Crippen LogP contribution >= 0.6 is 11.3 Å². The van der Waals surface area contributed by atoms with Crippen molar-refractivity contribution in [1.29, 1.82) is 0 Å². The molecule has 1 aromatic carbocycles. The van der Waals surface area contributed by atoms with Crippen LogP contribution in [0.2, 0.25) is 0 Å². The molecule has 9 heteroatoms. The van der Waals surface area contributed by atoms with Crippen molar-refractivity contribution >= 4 is 33.3 Å². The fourth-order valence-corrected chi connectivity index (χ4v) is 4.74. The first-order chi connectivity index (χ1) is 16.7. The van der Waals surface area contributed by atoms with Gasteiger partial charge in [-0.25, -0.2) is 9.37 Å². The van der Waals surface area contributed by atoms with E-state index in [0.29, 0.717) is 29.1 Å². The molecule has 0 aliphatic heterocycles. The van der Waals surface area contributed by atoms with Crippen LogP contribution in [0.4, 0.5) is 4.39 Å². The van der Waals surface area contributed by atoms with Crippen LogP contribution < -0.4 is 5.32 Å². The van der Waals surface area contributed by atoms with E-state index in [-0.39, 0.29) is 5.82 Å². The highest BCUT2D eigenvalue weighted by atomic mass is 32.1. The van der Waals surface area contributed by atoms with Crippen LogP contribution in [-0.4, -0.2) is 36.7 Å². The van der Waals surface area contributed by atoms with Gasteiger partial charge in [0.15, 0.2) is 5.82 Å². The van der Waals surface area contributed by atoms with Crippen molar-refractivity contribution < 1.29 is 4.39 Å². The summed E-state index contributed by atoms with van der Waals surface area (Å²) >= 11 is 1.62. The normalized spacial score (nSPS) is 11.6. The molecular weight excluding hydrogens is 449 g/mol. The molecule has 0 saturated heterocycles. The maximum atomic E-state index is 15.1. The molecule has 6 rings (SSSR count). The molecule has 3 N–H and O–H groups in total. The Morgan fingerprint density at radius 2 is 2.00 bits per heavy atom. The fraction of sp³-hybridized carbons (Fsp3) is 0.120. The Hall–Kier alpha value is -3.95. The van der Waals surface area contributed by atoms with Crippen molar-refractivity contribution in [2.24, 2.45) is 0 Å². The lowest BCUT2D eigenvalue weighted by Crippen LogP contribution is -2.11. The number of rotatable bonds is 6. The van der Waals surface area contributed by atoms with Gasteiger partial charge < -0.3 is 10.3 Å². The molecule has 0 fully saturated rings. The molecule has 0 spiro atoms. The molecule has 0 unspecified atom stereocenters. The van der Waals surface area contributed by atoms with Crippen LogP contribution in [0.25, 0.3) is 55.8 Å². The van der Waals surface area contributed by atoms with E-state index in [0.717, 1.165) is 45.3 Å². The van der Waals surface area contributed by atoms with E-state index < -0.39 is 0 Å². The Morgan fingerprint density at radius 3 is 2.85 bits per heavy atom. The molecule has 6 aromatic rings. The van der Waals surface area contributed by atoms with Gasteiger partial charge in [-0.15, -0.1) is 0 Å². The number of aromatic amines is 2. The summed E-state index contributed by atoms with van der Waals surface area (Å²) in [6.45, 7) is 3.57. The standard InChI is InChI=1S/C25H20FN7S/c1-2-27-10-14-7-16(12-28-11-14)17-8-18-21(9-19(17)26)32-33-23(18)25-30-20-3-5-29-22(24(20)31-25)15-4-6-34-13-15/h3-9,11-13,27H,2,10H2,1H3,(H,30,31)(H,32,33). The number of halogens is 1. The molecule has 34 heavy (non-hydrogen) atoms. The largest absolute Gasteiger partial charge is 0.336 e. The molecule has 0 atom stereocenters. The van der Waals surface area contributed by atoms with E-state index in [4.69, 9.17) is 4.98 Å². The van der Waals surface area contributed by atoms with Gasteiger partial charge in [-0.05, 0) is 41.8 Å². The number of thiophene rings is 1. The zero-order valence-corrected chi connectivity index (χ0v) is 19.1. The number of imidazole rings is 1. The first-order valence-electron chi connectivity index (χ1n) is 10.9. The molecule has 0 aliphatic carbocycles. The Balaban J connectivity index is 1.47. The number of pyridine rings is 2. The molecule has 7 nitrogen and oxygen atoms in total. The van der Waals surface area contributed by atoms with Crippen molar-refractivity contribution in [3.05, 3.63) is 71.1 Å². The van der Waals surface area contributed by atoms with Gasteiger partial charge in [0.1, 0.15) is 17.0 Å². The van der Waals surface area contributed by atoms with Gasteiger partial charge in [0, 0.05) is 58.7 Å². The second-order valence-corrected chi connectivity index (χ2v) is 8.75. The Morgan fingerprint density at radius 1 is 1.06 bits per heavy atom. The first-order valence-corrected chi connectivity index (χ1v) is 11.9. The minimum Gasteiger partial charge on any atom is -0.336 e. The summed E-state index contributed by atoms with van der Waals surface area (Å²) in [6.07, 6.45) is 5.24. The number of fused-ring (bicyclic) bond motifs is 2. The van der Waals surface area contributed by atoms with E-state index in [1.54, 1.807) is 29.9 Å². The van der Waals surface area contributed by atoms with Crippen LogP contribution in [0.5, 0.6) is 0 Å². The summed E-state index contributed by atoms with van der Waals surface area (Å²) in [5, 5.41) is 15.5. The number of nitrogens with one attached hydrogen (secondary N) is 3. The summed E-state index contributed by atoms with van der Waals surface area (Å²) in [7, 11) is 0. The van der Waals surface area contributed by atoms with E-state index in [1.807, 2.05) is 41.9 Å². The van der Waals surface area contributed by atoms with Gasteiger partial charge in [-0.2, -0.15) is 16.4 Å². The molecule has 5 aromatic heterocycles. The number of benzene rings is 1. The highest BCUT2D eigenvalue weighted by Gasteiger charge is 2.18. The summed E-state index contributed by atoms with van der Waals surface area (Å²) in [5.41, 5.74) is 6.89. The van der Waals surface area contributed by atoms with Gasteiger partial charge in [0.25, 0.3) is 0 Å². The average Bonchev–Trinajstić information content (AvgIpc) is 3.61. The second-order valence-electron chi connectivity index (χ2n) is 7.97. The predicted molar refractivity (Wildman–Crippen MR) is 133 cm³/mol. The smallest absolute Gasteiger partial charge is 0.159 e. The number of hydrogen-bond acceptors (Lipinski definition) is 6. The van der Waals surface area contributed by atoms with Crippen LogP contribution in [0.1, 0.15) is 12.5 Å². The minimum atomic E-state index is -0.335. The molecule has 0 radical (unpaired) electrons. The van der Waals surface area contributed by atoms with Crippen LogP contribution in [0.15, 0.2) is 59.7 Å². The van der Waals surface area contributed by atoms with Crippen molar-refractivity contribution in [2.45, 2.75) is 13.5 Å². The minimum absolute atomic E-state index is 0.335. The zero-order valence-electron chi connectivity index (χ0n) is 18.3. The van der Waals surface area contributed by atoms with Crippen molar-refractivity contribution in [2.75, 3.05) is 6.54 Å². The van der Waals surface area contributed by atoms with Gasteiger partial charge >= 0.3 is 0 Å². The lowest BCUT2D eigenvalue weighted by atomic mass is 10.0. The van der Waals surface area contributed by atoms with Crippen LogP contribution in [0.3, 0.4) is 0 Å². The van der Waals surface area contributed by atoms with Crippen molar-refractivity contribution in [1.82, 2.24) is 35.5 Å². The van der Waals surface area contributed by atoms with E-state index >= 15 is 4.39 Å². The Kier molecular flexibility index (Phi) is 5.12. The van der Waals surface area contributed by atoms with E-state index in [1.165, 1.54) is 6.07 Å². The fourth-order valence-electron chi connectivity index (χ4n) is 4.10. The number of H-pyrrole nitrogens is 2.